The van der Waals surface area contributed by atoms with Gasteiger partial charge in [-0.25, -0.2) is 13.1 Å². The van der Waals surface area contributed by atoms with Crippen molar-refractivity contribution in [3.8, 4) is 0 Å². The van der Waals surface area contributed by atoms with E-state index in [1.807, 2.05) is 27.0 Å². The molecule has 0 spiro atoms. The smallest absolute Gasteiger partial charge is 0.250 e. The van der Waals surface area contributed by atoms with Crippen molar-refractivity contribution < 1.29 is 8.42 Å². The van der Waals surface area contributed by atoms with E-state index in [4.69, 9.17) is 0 Å². The van der Waals surface area contributed by atoms with Crippen LogP contribution in [0.5, 0.6) is 0 Å². The van der Waals surface area contributed by atoms with Crippen molar-refractivity contribution in [1.29, 1.82) is 0 Å². The lowest BCUT2D eigenvalue weighted by Gasteiger charge is -2.12. The van der Waals surface area contributed by atoms with Gasteiger partial charge in [0.05, 0.1) is 5.69 Å². The van der Waals surface area contributed by atoms with E-state index in [1.165, 1.54) is 11.3 Å². The van der Waals surface area contributed by atoms with Crippen molar-refractivity contribution in [2.45, 2.75) is 37.6 Å². The molecule has 0 bridgehead atoms. The van der Waals surface area contributed by atoms with Crippen molar-refractivity contribution in [1.82, 2.24) is 14.5 Å². The molecule has 7 heteroatoms. The van der Waals surface area contributed by atoms with Gasteiger partial charge < -0.3 is 0 Å². The first kappa shape index (κ1) is 14.2. The van der Waals surface area contributed by atoms with Gasteiger partial charge in [0.15, 0.2) is 0 Å². The Balaban J connectivity index is 2.21. The predicted octanol–water partition coefficient (Wildman–Crippen LogP) is 2.31. The molecule has 0 fully saturated rings. The van der Waals surface area contributed by atoms with E-state index < -0.39 is 10.0 Å². The van der Waals surface area contributed by atoms with E-state index in [0.29, 0.717) is 4.21 Å². The summed E-state index contributed by atoms with van der Waals surface area (Å²) in [6, 6.07) is 3.03. The molecule has 2 aromatic rings. The molecule has 104 valence electrons. The fourth-order valence-electron chi connectivity index (χ4n) is 1.89. The summed E-state index contributed by atoms with van der Waals surface area (Å²) in [6.07, 6.45) is 1.89. The van der Waals surface area contributed by atoms with E-state index in [1.54, 1.807) is 22.2 Å². The second-order valence-corrected chi connectivity index (χ2v) is 7.19. The van der Waals surface area contributed by atoms with E-state index in [-0.39, 0.29) is 6.04 Å². The van der Waals surface area contributed by atoms with Gasteiger partial charge in [0.1, 0.15) is 4.21 Å². The summed E-state index contributed by atoms with van der Waals surface area (Å²) in [5, 5.41) is 6.08. The Morgan fingerprint density at radius 3 is 2.79 bits per heavy atom. The van der Waals surface area contributed by atoms with Crippen molar-refractivity contribution >= 4 is 21.4 Å². The van der Waals surface area contributed by atoms with Crippen LogP contribution in [0.3, 0.4) is 0 Å². The predicted molar refractivity (Wildman–Crippen MR) is 75.7 cm³/mol. The Bertz CT molecular complexity index is 645. The largest absolute Gasteiger partial charge is 0.272 e. The Morgan fingerprint density at radius 2 is 2.26 bits per heavy atom. The summed E-state index contributed by atoms with van der Waals surface area (Å²) in [4.78, 5) is 0. The molecule has 0 saturated heterocycles. The quantitative estimate of drug-likeness (QED) is 0.921. The Labute approximate surface area is 117 Å². The number of thiophene rings is 1. The van der Waals surface area contributed by atoms with Crippen molar-refractivity contribution in [2.24, 2.45) is 0 Å². The number of rotatable bonds is 5. The molecule has 0 aliphatic carbocycles. The van der Waals surface area contributed by atoms with E-state index >= 15 is 0 Å². The van der Waals surface area contributed by atoms with Gasteiger partial charge in [0.25, 0.3) is 10.0 Å². The number of aryl methyl sites for hydroxylation is 2. The molecular weight excluding hydrogens is 282 g/mol. The van der Waals surface area contributed by atoms with Gasteiger partial charge >= 0.3 is 0 Å². The van der Waals surface area contributed by atoms with Gasteiger partial charge in [0.2, 0.25) is 0 Å². The maximum absolute atomic E-state index is 12.1. The Kier molecular flexibility index (Phi) is 4.07. The molecule has 0 aliphatic heterocycles. The number of hydrogen-bond donors (Lipinski definition) is 1. The third kappa shape index (κ3) is 3.05. The average molecular weight is 299 g/mol. The Morgan fingerprint density at radius 1 is 1.53 bits per heavy atom. The molecular formula is C12H17N3O2S2. The summed E-state index contributed by atoms with van der Waals surface area (Å²) in [5.74, 6) is 0. The summed E-state index contributed by atoms with van der Waals surface area (Å²) >= 11 is 1.21. The number of aromatic nitrogens is 2. The molecule has 2 heterocycles. The zero-order valence-electron chi connectivity index (χ0n) is 11.1. The van der Waals surface area contributed by atoms with Gasteiger partial charge in [-0.05, 0) is 32.2 Å². The lowest BCUT2D eigenvalue weighted by Crippen LogP contribution is -2.26. The minimum Gasteiger partial charge on any atom is -0.272 e. The summed E-state index contributed by atoms with van der Waals surface area (Å²) in [6.45, 7) is 6.48. The second kappa shape index (κ2) is 5.44. The number of nitrogens with one attached hydrogen (secondary N) is 1. The number of hydrogen-bond acceptors (Lipinski definition) is 4. The molecule has 1 unspecified atom stereocenters. The van der Waals surface area contributed by atoms with Crippen molar-refractivity contribution in [3.05, 3.63) is 35.0 Å². The Hall–Kier alpha value is -1.18. The van der Waals surface area contributed by atoms with Crippen LogP contribution < -0.4 is 4.72 Å². The molecule has 0 saturated carbocycles. The van der Waals surface area contributed by atoms with Crippen molar-refractivity contribution in [3.63, 3.8) is 0 Å². The van der Waals surface area contributed by atoms with Crippen LogP contribution in [0.1, 0.15) is 31.1 Å². The first-order valence-corrected chi connectivity index (χ1v) is 8.40. The molecule has 0 radical (unpaired) electrons. The third-order valence-electron chi connectivity index (χ3n) is 2.87. The molecule has 2 rings (SSSR count). The van der Waals surface area contributed by atoms with Crippen LogP contribution in [0.15, 0.2) is 27.9 Å². The van der Waals surface area contributed by atoms with E-state index in [2.05, 4.69) is 9.82 Å². The zero-order valence-corrected chi connectivity index (χ0v) is 12.8. The molecule has 19 heavy (non-hydrogen) atoms. The summed E-state index contributed by atoms with van der Waals surface area (Å²) in [5.41, 5.74) is 1.75. The van der Waals surface area contributed by atoms with Gasteiger partial charge in [-0.1, -0.05) is 6.07 Å². The number of nitrogens with zero attached hydrogens (tertiary/aromatic N) is 2. The van der Waals surface area contributed by atoms with Gasteiger partial charge in [-0.15, -0.1) is 11.3 Å². The first-order chi connectivity index (χ1) is 8.94. The lowest BCUT2D eigenvalue weighted by molar-refractivity contribution is 0.568. The van der Waals surface area contributed by atoms with Crippen LogP contribution in [0.2, 0.25) is 0 Å². The summed E-state index contributed by atoms with van der Waals surface area (Å²) < 4.78 is 29.1. The van der Waals surface area contributed by atoms with Crippen LogP contribution in [0.4, 0.5) is 0 Å². The SMILES string of the molecule is CCn1cc(C(C)NS(=O)(=O)c2cccs2)c(C)n1. The fourth-order valence-corrected chi connectivity index (χ4v) is 4.12. The monoisotopic (exact) mass is 299 g/mol. The molecule has 0 amide bonds. The highest BCUT2D eigenvalue weighted by atomic mass is 32.2. The summed E-state index contributed by atoms with van der Waals surface area (Å²) in [7, 11) is -3.45. The normalized spacial score (nSPS) is 13.6. The molecule has 1 atom stereocenters. The van der Waals surface area contributed by atoms with Crippen LogP contribution in [-0.4, -0.2) is 18.2 Å². The van der Waals surface area contributed by atoms with E-state index in [9.17, 15) is 8.42 Å². The van der Waals surface area contributed by atoms with Crippen LogP contribution in [0.25, 0.3) is 0 Å². The highest BCUT2D eigenvalue weighted by Gasteiger charge is 2.21. The van der Waals surface area contributed by atoms with Crippen LogP contribution in [-0.2, 0) is 16.6 Å². The first-order valence-electron chi connectivity index (χ1n) is 6.04. The number of sulfonamides is 1. The molecule has 1 N–H and O–H groups in total. The standard InChI is InChI=1S/C12H17N3O2S2/c1-4-15-8-11(9(2)13-15)10(3)14-19(16,17)12-6-5-7-18-12/h5-8,10,14H,4H2,1-3H3. The minimum atomic E-state index is -3.45. The average Bonchev–Trinajstić information content (AvgIpc) is 2.96. The second-order valence-electron chi connectivity index (χ2n) is 4.30. The lowest BCUT2D eigenvalue weighted by atomic mass is 10.1. The van der Waals surface area contributed by atoms with Crippen LogP contribution >= 0.6 is 11.3 Å². The van der Waals surface area contributed by atoms with Crippen molar-refractivity contribution in [2.75, 3.05) is 0 Å². The van der Waals surface area contributed by atoms with Gasteiger partial charge in [-0.3, -0.25) is 4.68 Å². The molecule has 0 aliphatic rings. The minimum absolute atomic E-state index is 0.299. The van der Waals surface area contributed by atoms with Gasteiger partial charge in [-0.2, -0.15) is 5.10 Å². The molecule has 5 nitrogen and oxygen atoms in total. The third-order valence-corrected chi connectivity index (χ3v) is 5.80. The maximum atomic E-state index is 12.1. The van der Waals surface area contributed by atoms with E-state index in [0.717, 1.165) is 17.8 Å². The van der Waals surface area contributed by atoms with Crippen LogP contribution in [0, 0.1) is 6.92 Å². The highest BCUT2D eigenvalue weighted by molar-refractivity contribution is 7.91. The maximum Gasteiger partial charge on any atom is 0.250 e. The molecule has 0 aromatic carbocycles. The molecule has 2 aromatic heterocycles. The zero-order chi connectivity index (χ0) is 14.0. The topological polar surface area (TPSA) is 64.0 Å². The highest BCUT2D eigenvalue weighted by Crippen LogP contribution is 2.21. The van der Waals surface area contributed by atoms with Gasteiger partial charge in [0, 0.05) is 24.3 Å². The fraction of sp³-hybridized carbons (Fsp3) is 0.417.